The van der Waals surface area contributed by atoms with Gasteiger partial charge >= 0.3 is 5.97 Å². The average molecular weight is 288 g/mol. The van der Waals surface area contributed by atoms with E-state index >= 15 is 0 Å². The van der Waals surface area contributed by atoms with E-state index in [1.54, 1.807) is 20.1 Å². The van der Waals surface area contributed by atoms with Gasteiger partial charge in [-0.25, -0.2) is 4.79 Å². The third-order valence-corrected chi connectivity index (χ3v) is 2.86. The predicted molar refractivity (Wildman–Crippen MR) is 82.3 cm³/mol. The SMILES string of the molecule is CO\C=C(C(=O)OC)/C(C)=C(\C=C\c1ccccc1)OC. The Bertz CT molecular complexity index is 553. The number of carbonyl (C=O) groups is 1. The highest BCUT2D eigenvalue weighted by atomic mass is 16.5. The zero-order valence-corrected chi connectivity index (χ0v) is 12.8. The minimum absolute atomic E-state index is 0.314. The van der Waals surface area contributed by atoms with Crippen molar-refractivity contribution in [1.29, 1.82) is 0 Å². The van der Waals surface area contributed by atoms with Crippen LogP contribution in [0.5, 0.6) is 0 Å². The number of carbonyl (C=O) groups excluding carboxylic acids is 1. The second kappa shape index (κ2) is 8.64. The molecule has 0 amide bonds. The summed E-state index contributed by atoms with van der Waals surface area (Å²) in [6.07, 6.45) is 5.05. The highest BCUT2D eigenvalue weighted by Gasteiger charge is 2.15. The lowest BCUT2D eigenvalue weighted by Crippen LogP contribution is -2.08. The van der Waals surface area contributed by atoms with Crippen molar-refractivity contribution >= 4 is 12.0 Å². The van der Waals surface area contributed by atoms with Crippen LogP contribution in [0.4, 0.5) is 0 Å². The van der Waals surface area contributed by atoms with Crippen LogP contribution in [0, 0.1) is 0 Å². The molecule has 112 valence electrons. The highest BCUT2D eigenvalue weighted by molar-refractivity contribution is 5.93. The Morgan fingerprint density at radius 1 is 1.05 bits per heavy atom. The Morgan fingerprint density at radius 3 is 2.24 bits per heavy atom. The minimum atomic E-state index is -0.475. The molecule has 0 N–H and O–H groups in total. The van der Waals surface area contributed by atoms with Gasteiger partial charge in [-0.1, -0.05) is 36.4 Å². The van der Waals surface area contributed by atoms with Crippen LogP contribution in [0.15, 0.2) is 59.6 Å². The molecule has 0 fully saturated rings. The van der Waals surface area contributed by atoms with Crippen LogP contribution >= 0.6 is 0 Å². The van der Waals surface area contributed by atoms with Crippen LogP contribution in [0.1, 0.15) is 12.5 Å². The lowest BCUT2D eigenvalue weighted by atomic mass is 10.1. The summed E-state index contributed by atoms with van der Waals surface area (Å²) in [7, 11) is 4.35. The van der Waals surface area contributed by atoms with E-state index in [1.165, 1.54) is 20.5 Å². The van der Waals surface area contributed by atoms with E-state index in [0.29, 0.717) is 16.9 Å². The number of rotatable bonds is 6. The molecule has 0 saturated heterocycles. The molecule has 0 aliphatic heterocycles. The monoisotopic (exact) mass is 288 g/mol. The van der Waals surface area contributed by atoms with Gasteiger partial charge in [-0.05, 0) is 18.6 Å². The summed E-state index contributed by atoms with van der Waals surface area (Å²) in [4.78, 5) is 11.8. The fourth-order valence-electron chi connectivity index (χ4n) is 1.73. The summed E-state index contributed by atoms with van der Waals surface area (Å²) in [5.74, 6) is 0.0876. The average Bonchev–Trinajstić information content (AvgIpc) is 2.53. The number of esters is 1. The van der Waals surface area contributed by atoms with Crippen LogP contribution in [-0.4, -0.2) is 27.3 Å². The lowest BCUT2D eigenvalue weighted by molar-refractivity contribution is -0.136. The van der Waals surface area contributed by atoms with Gasteiger partial charge in [-0.2, -0.15) is 0 Å². The quantitative estimate of drug-likeness (QED) is 0.348. The summed E-state index contributed by atoms with van der Waals surface area (Å²) >= 11 is 0. The molecule has 0 aromatic heterocycles. The molecule has 0 aliphatic rings. The number of methoxy groups -OCH3 is 3. The number of benzene rings is 1. The third kappa shape index (κ3) is 4.84. The maximum atomic E-state index is 11.8. The molecule has 4 heteroatoms. The van der Waals surface area contributed by atoms with Gasteiger partial charge in [0.15, 0.2) is 0 Å². The fourth-order valence-corrected chi connectivity index (χ4v) is 1.73. The molecule has 0 aliphatic carbocycles. The van der Waals surface area contributed by atoms with Crippen molar-refractivity contribution < 1.29 is 19.0 Å². The van der Waals surface area contributed by atoms with Crippen LogP contribution in [-0.2, 0) is 19.0 Å². The van der Waals surface area contributed by atoms with E-state index in [4.69, 9.17) is 14.2 Å². The highest BCUT2D eigenvalue weighted by Crippen LogP contribution is 2.19. The molecular formula is C17H20O4. The zero-order valence-electron chi connectivity index (χ0n) is 12.8. The van der Waals surface area contributed by atoms with Crippen molar-refractivity contribution in [1.82, 2.24) is 0 Å². The van der Waals surface area contributed by atoms with Crippen LogP contribution < -0.4 is 0 Å². The zero-order chi connectivity index (χ0) is 15.7. The van der Waals surface area contributed by atoms with Crippen molar-refractivity contribution in [2.75, 3.05) is 21.3 Å². The van der Waals surface area contributed by atoms with Crippen LogP contribution in [0.3, 0.4) is 0 Å². The third-order valence-electron chi connectivity index (χ3n) is 2.86. The molecule has 1 rings (SSSR count). The normalized spacial score (nSPS) is 12.9. The number of hydrogen-bond acceptors (Lipinski definition) is 4. The molecular weight excluding hydrogens is 268 g/mol. The molecule has 0 radical (unpaired) electrons. The van der Waals surface area contributed by atoms with Gasteiger partial charge in [0, 0.05) is 5.57 Å². The first-order chi connectivity index (χ1) is 10.1. The van der Waals surface area contributed by atoms with Crippen molar-refractivity contribution in [3.8, 4) is 0 Å². The standard InChI is InChI=1S/C17H20O4/c1-13(15(12-19-2)17(18)21-4)16(20-3)11-10-14-8-6-5-7-9-14/h5-12H,1-4H3/b11-10+,15-12+,16-13+. The van der Waals surface area contributed by atoms with Gasteiger partial charge in [0.1, 0.15) is 11.3 Å². The van der Waals surface area contributed by atoms with E-state index < -0.39 is 5.97 Å². The van der Waals surface area contributed by atoms with E-state index in [9.17, 15) is 4.79 Å². The molecule has 4 nitrogen and oxygen atoms in total. The molecule has 0 bridgehead atoms. The van der Waals surface area contributed by atoms with Gasteiger partial charge in [-0.3, -0.25) is 0 Å². The van der Waals surface area contributed by atoms with E-state index in [-0.39, 0.29) is 0 Å². The molecule has 1 aromatic carbocycles. The van der Waals surface area contributed by atoms with Crippen molar-refractivity contribution in [2.24, 2.45) is 0 Å². The van der Waals surface area contributed by atoms with E-state index in [2.05, 4.69) is 0 Å². The summed E-state index contributed by atoms with van der Waals surface area (Å²) in [6.45, 7) is 1.77. The molecule has 0 unspecified atom stereocenters. The Balaban J connectivity index is 3.12. The fraction of sp³-hybridized carbons (Fsp3) is 0.235. The van der Waals surface area contributed by atoms with Crippen LogP contribution in [0.2, 0.25) is 0 Å². The van der Waals surface area contributed by atoms with Gasteiger partial charge in [0.05, 0.1) is 27.6 Å². The van der Waals surface area contributed by atoms with Crippen LogP contribution in [0.25, 0.3) is 6.08 Å². The summed E-state index contributed by atoms with van der Waals surface area (Å²) in [6, 6.07) is 9.81. The number of ether oxygens (including phenoxy) is 3. The maximum Gasteiger partial charge on any atom is 0.341 e. The molecule has 0 saturated carbocycles. The Morgan fingerprint density at radius 2 is 1.71 bits per heavy atom. The Kier molecular flexibility index (Phi) is 6.81. The number of allylic oxidation sites excluding steroid dienone is 1. The molecule has 21 heavy (non-hydrogen) atoms. The predicted octanol–water partition coefficient (Wildman–Crippen LogP) is 3.32. The Labute approximate surface area is 125 Å². The second-order valence-electron chi connectivity index (χ2n) is 4.20. The first kappa shape index (κ1) is 16.6. The van der Waals surface area contributed by atoms with E-state index in [0.717, 1.165) is 5.56 Å². The smallest absolute Gasteiger partial charge is 0.341 e. The van der Waals surface area contributed by atoms with Gasteiger partial charge in [0.2, 0.25) is 0 Å². The molecule has 0 atom stereocenters. The van der Waals surface area contributed by atoms with Gasteiger partial charge in [0.25, 0.3) is 0 Å². The summed E-state index contributed by atoms with van der Waals surface area (Å²) in [5, 5.41) is 0. The van der Waals surface area contributed by atoms with Crippen molar-refractivity contribution in [3.63, 3.8) is 0 Å². The lowest BCUT2D eigenvalue weighted by Gasteiger charge is -2.10. The second-order valence-corrected chi connectivity index (χ2v) is 4.20. The molecule has 0 heterocycles. The Hall–Kier alpha value is -2.49. The van der Waals surface area contributed by atoms with Gasteiger partial charge < -0.3 is 14.2 Å². The summed E-state index contributed by atoms with van der Waals surface area (Å²) < 4.78 is 15.0. The van der Waals surface area contributed by atoms with Crippen molar-refractivity contribution in [3.05, 3.63) is 65.1 Å². The maximum absolute atomic E-state index is 11.8. The van der Waals surface area contributed by atoms with Gasteiger partial charge in [-0.15, -0.1) is 0 Å². The molecule has 0 spiro atoms. The topological polar surface area (TPSA) is 44.8 Å². The largest absolute Gasteiger partial charge is 0.503 e. The van der Waals surface area contributed by atoms with Crippen molar-refractivity contribution in [2.45, 2.75) is 6.92 Å². The van der Waals surface area contributed by atoms with E-state index in [1.807, 2.05) is 36.4 Å². The minimum Gasteiger partial charge on any atom is -0.503 e. The molecule has 1 aromatic rings. The summed E-state index contributed by atoms with van der Waals surface area (Å²) in [5.41, 5.74) is 1.99. The first-order valence-corrected chi connectivity index (χ1v) is 6.43. The first-order valence-electron chi connectivity index (χ1n) is 6.43. The number of hydrogen-bond donors (Lipinski definition) is 0.